The van der Waals surface area contributed by atoms with Gasteiger partial charge in [-0.25, -0.2) is 0 Å². The lowest BCUT2D eigenvalue weighted by atomic mass is 10.0. The molecule has 2 unspecified atom stereocenters. The number of hydrogen-bond acceptors (Lipinski definition) is 4. The molecule has 21 heavy (non-hydrogen) atoms. The highest BCUT2D eigenvalue weighted by atomic mass is 16.5. The van der Waals surface area contributed by atoms with Gasteiger partial charge >= 0.3 is 0 Å². The second-order valence-electron chi connectivity index (χ2n) is 5.48. The SMILES string of the molecule is OC(COCC1CNCCN1)c1cccc2ccccc12. The standard InChI is InChI=1S/C17H22N2O2/c20-17(12-21-11-14-10-18-8-9-19-14)16-7-3-5-13-4-1-2-6-15(13)16/h1-7,14,17-20H,8-12H2. The monoisotopic (exact) mass is 286 g/mol. The van der Waals surface area contributed by atoms with E-state index in [1.165, 1.54) is 0 Å². The predicted octanol–water partition coefficient (Wildman–Crippen LogP) is 1.45. The Morgan fingerprint density at radius 3 is 2.86 bits per heavy atom. The first-order valence-corrected chi connectivity index (χ1v) is 7.52. The van der Waals surface area contributed by atoms with Gasteiger partial charge < -0.3 is 20.5 Å². The summed E-state index contributed by atoms with van der Waals surface area (Å²) in [6, 6.07) is 14.4. The normalized spacial score (nSPS) is 20.5. The maximum absolute atomic E-state index is 10.4. The third-order valence-corrected chi connectivity index (χ3v) is 3.90. The molecule has 4 heteroatoms. The van der Waals surface area contributed by atoms with Crippen LogP contribution in [0.4, 0.5) is 0 Å². The van der Waals surface area contributed by atoms with E-state index >= 15 is 0 Å². The van der Waals surface area contributed by atoms with Crippen molar-refractivity contribution in [2.75, 3.05) is 32.8 Å². The maximum atomic E-state index is 10.4. The first-order chi connectivity index (χ1) is 10.3. The fourth-order valence-corrected chi connectivity index (χ4v) is 2.78. The summed E-state index contributed by atoms with van der Waals surface area (Å²) in [4.78, 5) is 0. The molecule has 0 saturated carbocycles. The van der Waals surface area contributed by atoms with Crippen LogP contribution in [0.2, 0.25) is 0 Å². The number of benzene rings is 2. The average Bonchev–Trinajstić information content (AvgIpc) is 2.55. The molecule has 2 aromatic rings. The molecule has 4 nitrogen and oxygen atoms in total. The summed E-state index contributed by atoms with van der Waals surface area (Å²) in [6.45, 7) is 3.85. The van der Waals surface area contributed by atoms with Crippen LogP contribution in [-0.4, -0.2) is 44.0 Å². The molecule has 3 rings (SSSR count). The summed E-state index contributed by atoms with van der Waals surface area (Å²) in [5.41, 5.74) is 0.933. The lowest BCUT2D eigenvalue weighted by Gasteiger charge is -2.24. The van der Waals surface area contributed by atoms with Crippen molar-refractivity contribution in [1.29, 1.82) is 0 Å². The molecule has 2 atom stereocenters. The van der Waals surface area contributed by atoms with Crippen LogP contribution in [0.1, 0.15) is 11.7 Å². The summed E-state index contributed by atoms with van der Waals surface area (Å²) in [6.07, 6.45) is -0.590. The molecule has 1 saturated heterocycles. The second-order valence-corrected chi connectivity index (χ2v) is 5.48. The van der Waals surface area contributed by atoms with Gasteiger partial charge in [0.2, 0.25) is 0 Å². The zero-order valence-electron chi connectivity index (χ0n) is 12.1. The van der Waals surface area contributed by atoms with E-state index < -0.39 is 6.10 Å². The van der Waals surface area contributed by atoms with Gasteiger partial charge in [-0.3, -0.25) is 0 Å². The number of aliphatic hydroxyl groups excluding tert-OH is 1. The third-order valence-electron chi connectivity index (χ3n) is 3.90. The van der Waals surface area contributed by atoms with Crippen molar-refractivity contribution >= 4 is 10.8 Å². The molecule has 0 aliphatic carbocycles. The lowest BCUT2D eigenvalue weighted by Crippen LogP contribution is -2.50. The first kappa shape index (κ1) is 14.5. The Hall–Kier alpha value is -1.46. The lowest BCUT2D eigenvalue weighted by molar-refractivity contribution is 0.0258. The number of fused-ring (bicyclic) bond motifs is 1. The molecule has 1 aliphatic heterocycles. The molecule has 112 valence electrons. The minimum absolute atomic E-state index is 0.326. The van der Waals surface area contributed by atoms with Gasteiger partial charge in [0.25, 0.3) is 0 Å². The van der Waals surface area contributed by atoms with Gasteiger partial charge in [-0.2, -0.15) is 0 Å². The summed E-state index contributed by atoms with van der Waals surface area (Å²) in [7, 11) is 0. The van der Waals surface area contributed by atoms with Crippen molar-refractivity contribution in [1.82, 2.24) is 10.6 Å². The molecule has 0 radical (unpaired) electrons. The molecule has 1 aliphatic rings. The Kier molecular flexibility index (Phi) is 4.83. The zero-order valence-corrected chi connectivity index (χ0v) is 12.1. The van der Waals surface area contributed by atoms with Gasteiger partial charge in [-0.15, -0.1) is 0 Å². The fourth-order valence-electron chi connectivity index (χ4n) is 2.78. The summed E-state index contributed by atoms with van der Waals surface area (Å²) >= 11 is 0. The van der Waals surface area contributed by atoms with Gasteiger partial charge in [0.05, 0.1) is 13.2 Å². The number of aliphatic hydroxyl groups is 1. The van der Waals surface area contributed by atoms with Crippen molar-refractivity contribution in [3.05, 3.63) is 48.0 Å². The Morgan fingerprint density at radius 2 is 2.00 bits per heavy atom. The number of piperazine rings is 1. The van der Waals surface area contributed by atoms with Gasteiger partial charge in [0, 0.05) is 25.7 Å². The number of nitrogens with one attached hydrogen (secondary N) is 2. The van der Waals surface area contributed by atoms with Crippen LogP contribution in [-0.2, 0) is 4.74 Å². The van der Waals surface area contributed by atoms with Crippen molar-refractivity contribution in [2.45, 2.75) is 12.1 Å². The maximum Gasteiger partial charge on any atom is 0.103 e. The number of ether oxygens (including phenoxy) is 1. The number of rotatable bonds is 5. The molecular weight excluding hydrogens is 264 g/mol. The average molecular weight is 286 g/mol. The minimum atomic E-state index is -0.590. The zero-order chi connectivity index (χ0) is 14.5. The van der Waals surface area contributed by atoms with Crippen LogP contribution in [0.15, 0.2) is 42.5 Å². The molecule has 1 fully saturated rings. The molecule has 0 bridgehead atoms. The summed E-state index contributed by atoms with van der Waals surface area (Å²) in [5.74, 6) is 0. The van der Waals surface area contributed by atoms with Crippen LogP contribution in [0.5, 0.6) is 0 Å². The molecule has 0 amide bonds. The molecule has 2 aromatic carbocycles. The first-order valence-electron chi connectivity index (χ1n) is 7.52. The Bertz CT molecular complexity index is 577. The molecular formula is C17H22N2O2. The van der Waals surface area contributed by atoms with Crippen LogP contribution < -0.4 is 10.6 Å². The largest absolute Gasteiger partial charge is 0.386 e. The Morgan fingerprint density at radius 1 is 1.14 bits per heavy atom. The highest BCUT2D eigenvalue weighted by Crippen LogP contribution is 2.24. The van der Waals surface area contributed by atoms with Crippen LogP contribution in [0.25, 0.3) is 10.8 Å². The van der Waals surface area contributed by atoms with E-state index in [-0.39, 0.29) is 0 Å². The van der Waals surface area contributed by atoms with Gasteiger partial charge in [0.1, 0.15) is 6.10 Å². The van der Waals surface area contributed by atoms with E-state index in [0.29, 0.717) is 19.3 Å². The van der Waals surface area contributed by atoms with E-state index in [1.54, 1.807) is 0 Å². The van der Waals surface area contributed by atoms with Crippen molar-refractivity contribution in [3.63, 3.8) is 0 Å². The van der Waals surface area contributed by atoms with Gasteiger partial charge in [-0.1, -0.05) is 42.5 Å². The van der Waals surface area contributed by atoms with E-state index in [2.05, 4.69) is 22.8 Å². The highest BCUT2D eigenvalue weighted by molar-refractivity contribution is 5.85. The number of hydrogen-bond donors (Lipinski definition) is 3. The van der Waals surface area contributed by atoms with E-state index in [4.69, 9.17) is 4.74 Å². The molecule has 1 heterocycles. The summed E-state index contributed by atoms with van der Waals surface area (Å²) in [5, 5.41) is 19.3. The van der Waals surface area contributed by atoms with Crippen LogP contribution >= 0.6 is 0 Å². The predicted molar refractivity (Wildman–Crippen MR) is 84.4 cm³/mol. The van der Waals surface area contributed by atoms with Crippen LogP contribution in [0.3, 0.4) is 0 Å². The second kappa shape index (κ2) is 7.00. The molecule has 0 aromatic heterocycles. The topological polar surface area (TPSA) is 53.5 Å². The fraction of sp³-hybridized carbons (Fsp3) is 0.412. The van der Waals surface area contributed by atoms with E-state index in [0.717, 1.165) is 36.0 Å². The van der Waals surface area contributed by atoms with E-state index in [1.807, 2.05) is 30.3 Å². The Labute approximate surface area is 125 Å². The van der Waals surface area contributed by atoms with Crippen molar-refractivity contribution < 1.29 is 9.84 Å². The van der Waals surface area contributed by atoms with Crippen molar-refractivity contribution in [2.24, 2.45) is 0 Å². The smallest absolute Gasteiger partial charge is 0.103 e. The molecule has 0 spiro atoms. The Balaban J connectivity index is 1.60. The molecule has 3 N–H and O–H groups in total. The van der Waals surface area contributed by atoms with Gasteiger partial charge in [-0.05, 0) is 16.3 Å². The van der Waals surface area contributed by atoms with Crippen molar-refractivity contribution in [3.8, 4) is 0 Å². The summed E-state index contributed by atoms with van der Waals surface area (Å²) < 4.78 is 5.69. The third kappa shape index (κ3) is 3.60. The highest BCUT2D eigenvalue weighted by Gasteiger charge is 2.15. The minimum Gasteiger partial charge on any atom is -0.386 e. The quantitative estimate of drug-likeness (QED) is 0.779. The van der Waals surface area contributed by atoms with Crippen LogP contribution in [0, 0.1) is 0 Å². The van der Waals surface area contributed by atoms with Gasteiger partial charge in [0.15, 0.2) is 0 Å². The van der Waals surface area contributed by atoms with E-state index in [9.17, 15) is 5.11 Å².